The summed E-state index contributed by atoms with van der Waals surface area (Å²) in [5.41, 5.74) is 2.60. The number of likely N-dealkylation sites (tertiary alicyclic amines) is 1. The van der Waals surface area contributed by atoms with E-state index in [1.165, 1.54) is 19.3 Å². The maximum Gasteiger partial charge on any atom is 0.319 e. The zero-order valence-electron chi connectivity index (χ0n) is 13.6. The second-order valence-corrected chi connectivity index (χ2v) is 6.11. The highest BCUT2D eigenvalue weighted by atomic mass is 16.2. The molecule has 122 valence electrons. The third-order valence-electron chi connectivity index (χ3n) is 4.25. The standard InChI is InChI=1S/C18H24N4O/c1-14-13-17(15-7-3-4-8-16(15)20-14)21-18(23)19-9-12-22-10-5-2-6-11-22/h3-4,7-8,13H,2,5-6,9-12H2,1H3,(H2,19,20,21,23). The lowest BCUT2D eigenvalue weighted by Gasteiger charge is -2.26. The molecule has 0 unspecified atom stereocenters. The van der Waals surface area contributed by atoms with E-state index in [9.17, 15) is 4.79 Å². The Kier molecular flexibility index (Phi) is 5.08. The maximum absolute atomic E-state index is 12.1. The van der Waals surface area contributed by atoms with Gasteiger partial charge >= 0.3 is 6.03 Å². The number of nitrogens with zero attached hydrogens (tertiary/aromatic N) is 2. The lowest BCUT2D eigenvalue weighted by molar-refractivity contribution is 0.224. The van der Waals surface area contributed by atoms with E-state index in [1.807, 2.05) is 37.3 Å². The van der Waals surface area contributed by atoms with Gasteiger partial charge in [0, 0.05) is 24.2 Å². The minimum Gasteiger partial charge on any atom is -0.337 e. The fourth-order valence-corrected chi connectivity index (χ4v) is 3.09. The number of rotatable bonds is 4. The number of piperidine rings is 1. The molecule has 0 atom stereocenters. The Bertz CT molecular complexity index is 680. The predicted octanol–water partition coefficient (Wildman–Crippen LogP) is 3.15. The first-order valence-corrected chi connectivity index (χ1v) is 8.36. The molecule has 1 saturated heterocycles. The number of hydrogen-bond acceptors (Lipinski definition) is 3. The molecular formula is C18H24N4O. The summed E-state index contributed by atoms with van der Waals surface area (Å²) < 4.78 is 0. The Morgan fingerprint density at radius 2 is 2.00 bits per heavy atom. The van der Waals surface area contributed by atoms with E-state index in [1.54, 1.807) is 0 Å². The van der Waals surface area contributed by atoms with Gasteiger partial charge in [-0.1, -0.05) is 24.6 Å². The Morgan fingerprint density at radius 3 is 2.83 bits per heavy atom. The molecule has 1 aromatic heterocycles. The third kappa shape index (κ3) is 4.20. The van der Waals surface area contributed by atoms with Crippen molar-refractivity contribution in [3.8, 4) is 0 Å². The monoisotopic (exact) mass is 312 g/mol. The van der Waals surface area contributed by atoms with Crippen LogP contribution >= 0.6 is 0 Å². The first kappa shape index (κ1) is 15.7. The van der Waals surface area contributed by atoms with Crippen molar-refractivity contribution in [2.45, 2.75) is 26.2 Å². The molecule has 2 aromatic rings. The van der Waals surface area contributed by atoms with Crippen molar-refractivity contribution in [2.75, 3.05) is 31.5 Å². The van der Waals surface area contributed by atoms with E-state index in [0.717, 1.165) is 41.9 Å². The maximum atomic E-state index is 12.1. The zero-order chi connectivity index (χ0) is 16.1. The van der Waals surface area contributed by atoms with Crippen molar-refractivity contribution in [1.82, 2.24) is 15.2 Å². The highest BCUT2D eigenvalue weighted by molar-refractivity contribution is 6.00. The minimum atomic E-state index is -0.155. The van der Waals surface area contributed by atoms with E-state index >= 15 is 0 Å². The lowest BCUT2D eigenvalue weighted by Crippen LogP contribution is -2.39. The van der Waals surface area contributed by atoms with Crippen LogP contribution in [-0.2, 0) is 0 Å². The molecule has 1 aliphatic rings. The van der Waals surface area contributed by atoms with Crippen LogP contribution in [0.4, 0.5) is 10.5 Å². The molecule has 0 spiro atoms. The number of carbonyl (C=O) groups excluding carboxylic acids is 1. The summed E-state index contributed by atoms with van der Waals surface area (Å²) in [6.45, 7) is 5.83. The Labute approximate surface area is 137 Å². The van der Waals surface area contributed by atoms with E-state index in [0.29, 0.717) is 6.54 Å². The van der Waals surface area contributed by atoms with Gasteiger partial charge in [0.1, 0.15) is 0 Å². The van der Waals surface area contributed by atoms with Crippen LogP contribution < -0.4 is 10.6 Å². The summed E-state index contributed by atoms with van der Waals surface area (Å²) in [7, 11) is 0. The highest BCUT2D eigenvalue weighted by Gasteiger charge is 2.11. The molecular weight excluding hydrogens is 288 g/mol. The number of benzene rings is 1. The van der Waals surface area contributed by atoms with Crippen LogP contribution in [0.1, 0.15) is 25.0 Å². The van der Waals surface area contributed by atoms with E-state index in [-0.39, 0.29) is 6.03 Å². The largest absolute Gasteiger partial charge is 0.337 e. The van der Waals surface area contributed by atoms with Crippen LogP contribution in [0.5, 0.6) is 0 Å². The quantitative estimate of drug-likeness (QED) is 0.912. The molecule has 1 aromatic carbocycles. The normalized spacial score (nSPS) is 15.5. The molecule has 23 heavy (non-hydrogen) atoms. The van der Waals surface area contributed by atoms with Gasteiger partial charge in [0.05, 0.1) is 11.2 Å². The SMILES string of the molecule is Cc1cc(NC(=O)NCCN2CCCCC2)c2ccccc2n1. The first-order valence-electron chi connectivity index (χ1n) is 8.36. The molecule has 0 aliphatic carbocycles. The number of para-hydroxylation sites is 1. The van der Waals surface area contributed by atoms with Gasteiger partial charge in [0.2, 0.25) is 0 Å². The number of pyridine rings is 1. The van der Waals surface area contributed by atoms with Crippen molar-refractivity contribution in [3.05, 3.63) is 36.0 Å². The van der Waals surface area contributed by atoms with Crippen LogP contribution in [0, 0.1) is 6.92 Å². The molecule has 0 saturated carbocycles. The number of fused-ring (bicyclic) bond motifs is 1. The van der Waals surface area contributed by atoms with E-state index < -0.39 is 0 Å². The number of anilines is 1. The van der Waals surface area contributed by atoms with Gasteiger partial charge in [-0.15, -0.1) is 0 Å². The molecule has 5 nitrogen and oxygen atoms in total. The van der Waals surface area contributed by atoms with Crippen LogP contribution in [0.15, 0.2) is 30.3 Å². The summed E-state index contributed by atoms with van der Waals surface area (Å²) in [6.07, 6.45) is 3.88. The number of carbonyl (C=O) groups is 1. The Balaban J connectivity index is 1.57. The van der Waals surface area contributed by atoms with Crippen molar-refractivity contribution >= 4 is 22.6 Å². The van der Waals surface area contributed by atoms with Crippen molar-refractivity contribution in [3.63, 3.8) is 0 Å². The van der Waals surface area contributed by atoms with Gasteiger partial charge in [-0.3, -0.25) is 4.98 Å². The summed E-state index contributed by atoms with van der Waals surface area (Å²) in [5.74, 6) is 0. The highest BCUT2D eigenvalue weighted by Crippen LogP contribution is 2.22. The number of amides is 2. The molecule has 0 bridgehead atoms. The molecule has 2 N–H and O–H groups in total. The average Bonchev–Trinajstić information content (AvgIpc) is 2.55. The summed E-state index contributed by atoms with van der Waals surface area (Å²) >= 11 is 0. The van der Waals surface area contributed by atoms with Crippen LogP contribution in [0.2, 0.25) is 0 Å². The Morgan fingerprint density at radius 1 is 1.22 bits per heavy atom. The Hall–Kier alpha value is -2.14. The lowest BCUT2D eigenvalue weighted by atomic mass is 10.1. The van der Waals surface area contributed by atoms with Gasteiger partial charge in [-0.2, -0.15) is 0 Å². The number of aryl methyl sites for hydroxylation is 1. The predicted molar refractivity (Wildman–Crippen MR) is 93.8 cm³/mol. The van der Waals surface area contributed by atoms with Gasteiger partial charge in [0.15, 0.2) is 0 Å². The molecule has 3 rings (SSSR count). The van der Waals surface area contributed by atoms with Crippen LogP contribution in [0.3, 0.4) is 0 Å². The smallest absolute Gasteiger partial charge is 0.319 e. The molecule has 0 radical (unpaired) electrons. The topological polar surface area (TPSA) is 57.3 Å². The number of aromatic nitrogens is 1. The van der Waals surface area contributed by atoms with Crippen molar-refractivity contribution in [2.24, 2.45) is 0 Å². The molecule has 1 fully saturated rings. The fraction of sp³-hybridized carbons (Fsp3) is 0.444. The van der Waals surface area contributed by atoms with Gasteiger partial charge in [0.25, 0.3) is 0 Å². The molecule has 2 amide bonds. The van der Waals surface area contributed by atoms with Crippen LogP contribution in [0.25, 0.3) is 10.9 Å². The van der Waals surface area contributed by atoms with Crippen LogP contribution in [-0.4, -0.2) is 42.1 Å². The summed E-state index contributed by atoms with van der Waals surface area (Å²) in [6, 6.07) is 9.60. The zero-order valence-corrected chi connectivity index (χ0v) is 13.6. The number of hydrogen-bond donors (Lipinski definition) is 2. The molecule has 5 heteroatoms. The van der Waals surface area contributed by atoms with E-state index in [2.05, 4.69) is 20.5 Å². The first-order chi connectivity index (χ1) is 11.2. The molecule has 1 aliphatic heterocycles. The summed E-state index contributed by atoms with van der Waals surface area (Å²) in [5, 5.41) is 6.87. The second-order valence-electron chi connectivity index (χ2n) is 6.11. The number of nitrogens with one attached hydrogen (secondary N) is 2. The molecule has 2 heterocycles. The van der Waals surface area contributed by atoms with Crippen molar-refractivity contribution < 1.29 is 4.79 Å². The van der Waals surface area contributed by atoms with Gasteiger partial charge < -0.3 is 15.5 Å². The van der Waals surface area contributed by atoms with Crippen molar-refractivity contribution in [1.29, 1.82) is 0 Å². The average molecular weight is 312 g/mol. The van der Waals surface area contributed by atoms with E-state index in [4.69, 9.17) is 0 Å². The van der Waals surface area contributed by atoms with Gasteiger partial charge in [-0.25, -0.2) is 4.79 Å². The third-order valence-corrected chi connectivity index (χ3v) is 4.25. The summed E-state index contributed by atoms with van der Waals surface area (Å²) in [4.78, 5) is 19.0. The number of urea groups is 1. The second kappa shape index (κ2) is 7.42. The fourth-order valence-electron chi connectivity index (χ4n) is 3.09. The minimum absolute atomic E-state index is 0.155. The van der Waals surface area contributed by atoms with Gasteiger partial charge in [-0.05, 0) is 45.0 Å².